The van der Waals surface area contributed by atoms with E-state index in [1.165, 1.54) is 0 Å². The molecule has 0 aliphatic rings. The summed E-state index contributed by atoms with van der Waals surface area (Å²) in [6, 6.07) is 11.2. The van der Waals surface area contributed by atoms with Crippen LogP contribution in [0.25, 0.3) is 0 Å². The average Bonchev–Trinajstić information content (AvgIpc) is 2.40. The van der Waals surface area contributed by atoms with Gasteiger partial charge >= 0.3 is 0 Å². The Kier molecular flexibility index (Phi) is 4.04. The van der Waals surface area contributed by atoms with Crippen molar-refractivity contribution in [1.29, 1.82) is 0 Å². The van der Waals surface area contributed by atoms with E-state index in [9.17, 15) is 4.79 Å². The van der Waals surface area contributed by atoms with Gasteiger partial charge in [-0.3, -0.25) is 9.78 Å². The molecular weight excluding hydrogens is 226 g/mol. The van der Waals surface area contributed by atoms with Gasteiger partial charge in [0, 0.05) is 31.0 Å². The Hall–Kier alpha value is -2.20. The molecule has 0 unspecified atom stereocenters. The topological polar surface area (TPSA) is 68.0 Å². The molecule has 1 heterocycles. The number of nitrogens with one attached hydrogen (secondary N) is 1. The molecule has 0 aliphatic heterocycles. The third-order valence-electron chi connectivity index (χ3n) is 2.65. The van der Waals surface area contributed by atoms with Crippen LogP contribution in [-0.2, 0) is 13.1 Å². The maximum absolute atomic E-state index is 11.2. The molecule has 0 radical (unpaired) electrons. The maximum Gasteiger partial charge on any atom is 0.249 e. The molecule has 2 rings (SSSR count). The highest BCUT2D eigenvalue weighted by atomic mass is 16.1. The molecule has 1 amide bonds. The Morgan fingerprint density at radius 3 is 2.72 bits per heavy atom. The molecule has 18 heavy (non-hydrogen) atoms. The number of nitrogens with two attached hydrogens (primary N) is 1. The number of nitrogens with zero attached hydrogens (tertiary/aromatic N) is 1. The molecular formula is C14H15N3O. The van der Waals surface area contributed by atoms with Gasteiger partial charge in [0.15, 0.2) is 0 Å². The Labute approximate surface area is 106 Å². The third-order valence-corrected chi connectivity index (χ3v) is 2.65. The van der Waals surface area contributed by atoms with Crippen molar-refractivity contribution in [3.05, 3.63) is 65.5 Å². The summed E-state index contributed by atoms with van der Waals surface area (Å²) in [5.74, 6) is -0.395. The van der Waals surface area contributed by atoms with Gasteiger partial charge < -0.3 is 11.1 Å². The van der Waals surface area contributed by atoms with Crippen molar-refractivity contribution in [2.45, 2.75) is 13.1 Å². The van der Waals surface area contributed by atoms with Crippen molar-refractivity contribution >= 4 is 5.91 Å². The van der Waals surface area contributed by atoms with Crippen molar-refractivity contribution in [2.24, 2.45) is 5.73 Å². The monoisotopic (exact) mass is 241 g/mol. The Morgan fingerprint density at radius 2 is 2.00 bits per heavy atom. The summed E-state index contributed by atoms with van der Waals surface area (Å²) in [7, 11) is 0. The second kappa shape index (κ2) is 5.93. The summed E-state index contributed by atoms with van der Waals surface area (Å²) in [6.07, 6.45) is 3.55. The Bertz CT molecular complexity index is 526. The zero-order chi connectivity index (χ0) is 12.8. The van der Waals surface area contributed by atoms with E-state index in [0.717, 1.165) is 11.1 Å². The normalized spacial score (nSPS) is 10.2. The van der Waals surface area contributed by atoms with Crippen LogP contribution in [0, 0.1) is 0 Å². The van der Waals surface area contributed by atoms with Crippen LogP contribution in [0.5, 0.6) is 0 Å². The molecule has 1 aromatic heterocycles. The minimum Gasteiger partial charge on any atom is -0.366 e. The molecule has 92 valence electrons. The molecule has 3 N–H and O–H groups in total. The summed E-state index contributed by atoms with van der Waals surface area (Å²) in [5.41, 5.74) is 7.90. The summed E-state index contributed by atoms with van der Waals surface area (Å²) in [5, 5.41) is 3.27. The van der Waals surface area contributed by atoms with Gasteiger partial charge in [0.1, 0.15) is 0 Å². The number of aromatic nitrogens is 1. The first-order valence-electron chi connectivity index (χ1n) is 5.74. The van der Waals surface area contributed by atoms with Crippen LogP contribution < -0.4 is 11.1 Å². The van der Waals surface area contributed by atoms with Crippen LogP contribution in [0.15, 0.2) is 48.8 Å². The van der Waals surface area contributed by atoms with Crippen molar-refractivity contribution in [1.82, 2.24) is 10.3 Å². The first-order valence-corrected chi connectivity index (χ1v) is 5.74. The van der Waals surface area contributed by atoms with E-state index >= 15 is 0 Å². The highest BCUT2D eigenvalue weighted by molar-refractivity contribution is 5.94. The number of carbonyl (C=O) groups is 1. The van der Waals surface area contributed by atoms with Gasteiger partial charge in [0.2, 0.25) is 5.91 Å². The Morgan fingerprint density at radius 1 is 1.17 bits per heavy atom. The van der Waals surface area contributed by atoms with Crippen LogP contribution in [0.2, 0.25) is 0 Å². The van der Waals surface area contributed by atoms with Crippen LogP contribution in [0.1, 0.15) is 21.5 Å². The van der Waals surface area contributed by atoms with E-state index in [1.807, 2.05) is 36.5 Å². The van der Waals surface area contributed by atoms with Crippen molar-refractivity contribution < 1.29 is 4.79 Å². The highest BCUT2D eigenvalue weighted by Crippen LogP contribution is 2.08. The van der Waals surface area contributed by atoms with Gasteiger partial charge in [-0.1, -0.05) is 24.3 Å². The zero-order valence-corrected chi connectivity index (χ0v) is 9.97. The molecule has 0 bridgehead atoms. The standard InChI is InChI=1S/C14H15N3O/c15-14(18)13-6-2-1-5-12(13)10-17-9-11-4-3-7-16-8-11/h1-8,17H,9-10H2,(H2,15,18). The lowest BCUT2D eigenvalue weighted by Gasteiger charge is -2.08. The first-order chi connectivity index (χ1) is 8.77. The van der Waals surface area contributed by atoms with E-state index in [4.69, 9.17) is 5.73 Å². The van der Waals surface area contributed by atoms with Gasteiger partial charge in [-0.15, -0.1) is 0 Å². The largest absolute Gasteiger partial charge is 0.366 e. The number of rotatable bonds is 5. The lowest BCUT2D eigenvalue weighted by atomic mass is 10.1. The second-order valence-corrected chi connectivity index (χ2v) is 3.99. The molecule has 0 fully saturated rings. The smallest absolute Gasteiger partial charge is 0.249 e. The maximum atomic E-state index is 11.2. The van der Waals surface area contributed by atoms with Crippen molar-refractivity contribution in [3.63, 3.8) is 0 Å². The van der Waals surface area contributed by atoms with Crippen molar-refractivity contribution in [2.75, 3.05) is 0 Å². The Balaban J connectivity index is 1.97. The molecule has 0 saturated heterocycles. The van der Waals surface area contributed by atoms with Crippen LogP contribution >= 0.6 is 0 Å². The van der Waals surface area contributed by atoms with E-state index in [-0.39, 0.29) is 0 Å². The summed E-state index contributed by atoms with van der Waals surface area (Å²) in [6.45, 7) is 1.31. The molecule has 4 heteroatoms. The fourth-order valence-electron chi connectivity index (χ4n) is 1.76. The number of benzene rings is 1. The highest BCUT2D eigenvalue weighted by Gasteiger charge is 2.06. The summed E-state index contributed by atoms with van der Waals surface area (Å²) >= 11 is 0. The number of hydrogen-bond donors (Lipinski definition) is 2. The number of hydrogen-bond acceptors (Lipinski definition) is 3. The predicted molar refractivity (Wildman–Crippen MR) is 69.7 cm³/mol. The number of amides is 1. The lowest BCUT2D eigenvalue weighted by Crippen LogP contribution is -2.18. The van der Waals surface area contributed by atoms with Crippen LogP contribution in [-0.4, -0.2) is 10.9 Å². The average molecular weight is 241 g/mol. The SMILES string of the molecule is NC(=O)c1ccccc1CNCc1cccnc1. The number of primary amides is 1. The van der Waals surface area contributed by atoms with Gasteiger partial charge in [-0.25, -0.2) is 0 Å². The molecule has 0 atom stereocenters. The minimum atomic E-state index is -0.395. The third kappa shape index (κ3) is 3.15. The van der Waals surface area contributed by atoms with Gasteiger partial charge in [-0.2, -0.15) is 0 Å². The fourth-order valence-corrected chi connectivity index (χ4v) is 1.76. The van der Waals surface area contributed by atoms with E-state index in [1.54, 1.807) is 12.3 Å². The minimum absolute atomic E-state index is 0.395. The second-order valence-electron chi connectivity index (χ2n) is 3.99. The van der Waals surface area contributed by atoms with Gasteiger partial charge in [-0.05, 0) is 23.3 Å². The van der Waals surface area contributed by atoms with Crippen LogP contribution in [0.4, 0.5) is 0 Å². The lowest BCUT2D eigenvalue weighted by molar-refractivity contribution is 0.0999. The van der Waals surface area contributed by atoms with Crippen molar-refractivity contribution in [3.8, 4) is 0 Å². The first kappa shape index (κ1) is 12.3. The van der Waals surface area contributed by atoms with Crippen LogP contribution in [0.3, 0.4) is 0 Å². The van der Waals surface area contributed by atoms with Gasteiger partial charge in [0.05, 0.1) is 0 Å². The molecule has 0 spiro atoms. The molecule has 2 aromatic rings. The molecule has 1 aromatic carbocycles. The zero-order valence-electron chi connectivity index (χ0n) is 9.97. The van der Waals surface area contributed by atoms with E-state index < -0.39 is 5.91 Å². The quantitative estimate of drug-likeness (QED) is 0.833. The molecule has 0 aliphatic carbocycles. The van der Waals surface area contributed by atoms with Gasteiger partial charge in [0.25, 0.3) is 0 Å². The van der Waals surface area contributed by atoms with E-state index in [0.29, 0.717) is 18.7 Å². The molecule has 4 nitrogen and oxygen atoms in total. The van der Waals surface area contributed by atoms with E-state index in [2.05, 4.69) is 10.3 Å². The summed E-state index contributed by atoms with van der Waals surface area (Å²) in [4.78, 5) is 15.3. The molecule has 0 saturated carbocycles. The fraction of sp³-hybridized carbons (Fsp3) is 0.143. The predicted octanol–water partition coefficient (Wildman–Crippen LogP) is 1.47. The number of carbonyl (C=O) groups excluding carboxylic acids is 1. The number of pyridine rings is 1. The summed E-state index contributed by atoms with van der Waals surface area (Å²) < 4.78 is 0.